The van der Waals surface area contributed by atoms with Crippen molar-refractivity contribution in [2.24, 2.45) is 0 Å². The number of rotatable bonds is 7. The average Bonchev–Trinajstić information content (AvgIpc) is 2.86. The Kier molecular flexibility index (Phi) is 7.47. The van der Waals surface area contributed by atoms with E-state index < -0.39 is 15.6 Å². The van der Waals surface area contributed by atoms with Gasteiger partial charge in [-0.25, -0.2) is 13.1 Å². The lowest BCUT2D eigenvalue weighted by atomic mass is 10.1. The average molecular weight is 495 g/mol. The standard InChI is InChI=1S/C26H30N4O4S/c1-3-20-9-5-6-10-22(20)27-25(31)18-30-26(32)14-13-23(28-30)21-12-11-19(2)24(17-21)35(33,34)29-15-7-4-8-16-29/h5-6,9-14,17H,3-4,7-8,15-16,18H2,1-2H3,(H,27,31). The Labute approximate surface area is 205 Å². The summed E-state index contributed by atoms with van der Waals surface area (Å²) in [6.45, 7) is 4.56. The number of nitrogens with one attached hydrogen (secondary N) is 1. The van der Waals surface area contributed by atoms with Gasteiger partial charge in [0.05, 0.1) is 10.6 Å². The van der Waals surface area contributed by atoms with Crippen molar-refractivity contribution in [1.29, 1.82) is 0 Å². The fourth-order valence-electron chi connectivity index (χ4n) is 4.27. The summed E-state index contributed by atoms with van der Waals surface area (Å²) in [7, 11) is -3.63. The van der Waals surface area contributed by atoms with Crippen LogP contribution in [0.5, 0.6) is 0 Å². The largest absolute Gasteiger partial charge is 0.324 e. The summed E-state index contributed by atoms with van der Waals surface area (Å²) in [5.74, 6) is -0.366. The molecule has 184 valence electrons. The lowest BCUT2D eigenvalue weighted by Crippen LogP contribution is -2.36. The molecule has 0 radical (unpaired) electrons. The second-order valence-corrected chi connectivity index (χ2v) is 10.6. The van der Waals surface area contributed by atoms with Crippen molar-refractivity contribution in [2.45, 2.75) is 51.0 Å². The van der Waals surface area contributed by atoms with Crippen LogP contribution in [0.2, 0.25) is 0 Å². The summed E-state index contributed by atoms with van der Waals surface area (Å²) in [5, 5.41) is 7.21. The Balaban J connectivity index is 1.60. The highest BCUT2D eigenvalue weighted by atomic mass is 32.2. The number of anilines is 1. The minimum atomic E-state index is -3.63. The van der Waals surface area contributed by atoms with Crippen molar-refractivity contribution in [3.05, 3.63) is 76.1 Å². The van der Waals surface area contributed by atoms with Crippen LogP contribution >= 0.6 is 0 Å². The van der Waals surface area contributed by atoms with Gasteiger partial charge in [-0.1, -0.05) is 43.7 Å². The molecule has 1 aliphatic heterocycles. The molecule has 2 heterocycles. The third kappa shape index (κ3) is 5.52. The molecule has 2 aromatic carbocycles. The Morgan fingerprint density at radius 2 is 1.77 bits per heavy atom. The molecule has 1 fully saturated rings. The summed E-state index contributed by atoms with van der Waals surface area (Å²) < 4.78 is 29.2. The number of aromatic nitrogens is 2. The molecule has 3 aromatic rings. The topological polar surface area (TPSA) is 101 Å². The lowest BCUT2D eigenvalue weighted by Gasteiger charge is -2.26. The molecule has 0 spiro atoms. The monoisotopic (exact) mass is 494 g/mol. The molecule has 35 heavy (non-hydrogen) atoms. The van der Waals surface area contributed by atoms with Crippen LogP contribution in [0.1, 0.15) is 37.3 Å². The van der Waals surface area contributed by atoms with Crippen LogP contribution in [0, 0.1) is 6.92 Å². The molecule has 4 rings (SSSR count). The van der Waals surface area contributed by atoms with E-state index in [9.17, 15) is 18.0 Å². The van der Waals surface area contributed by atoms with Gasteiger partial charge in [0.2, 0.25) is 15.9 Å². The van der Waals surface area contributed by atoms with Crippen LogP contribution in [-0.4, -0.2) is 41.5 Å². The molecule has 1 saturated heterocycles. The normalized spacial score (nSPS) is 14.6. The second-order valence-electron chi connectivity index (χ2n) is 8.72. The number of nitrogens with zero attached hydrogens (tertiary/aromatic N) is 3. The third-order valence-electron chi connectivity index (χ3n) is 6.25. The lowest BCUT2D eigenvalue weighted by molar-refractivity contribution is -0.117. The van der Waals surface area contributed by atoms with Gasteiger partial charge >= 0.3 is 0 Å². The molecule has 0 unspecified atom stereocenters. The van der Waals surface area contributed by atoms with Crippen LogP contribution in [-0.2, 0) is 27.8 Å². The van der Waals surface area contributed by atoms with Crippen molar-refractivity contribution < 1.29 is 13.2 Å². The van der Waals surface area contributed by atoms with Gasteiger partial charge in [-0.15, -0.1) is 0 Å². The summed E-state index contributed by atoms with van der Waals surface area (Å²) in [4.78, 5) is 25.3. The number of carbonyl (C=O) groups excluding carboxylic acids is 1. The zero-order valence-corrected chi connectivity index (χ0v) is 20.8. The number of amides is 1. The fraction of sp³-hybridized carbons (Fsp3) is 0.346. The van der Waals surface area contributed by atoms with Gasteiger partial charge in [-0.3, -0.25) is 9.59 Å². The minimum Gasteiger partial charge on any atom is -0.324 e. The molecule has 0 bridgehead atoms. The minimum absolute atomic E-state index is 0.241. The molecular formula is C26H30N4O4S. The highest BCUT2D eigenvalue weighted by molar-refractivity contribution is 7.89. The van der Waals surface area contributed by atoms with E-state index in [-0.39, 0.29) is 17.3 Å². The van der Waals surface area contributed by atoms with E-state index in [0.717, 1.165) is 35.9 Å². The number of piperidine rings is 1. The maximum atomic E-state index is 13.3. The van der Waals surface area contributed by atoms with Crippen molar-refractivity contribution >= 4 is 21.6 Å². The Bertz CT molecular complexity index is 1390. The SMILES string of the molecule is CCc1ccccc1NC(=O)Cn1nc(-c2ccc(C)c(S(=O)(=O)N3CCCCC3)c2)ccc1=O. The zero-order valence-electron chi connectivity index (χ0n) is 20.0. The molecular weight excluding hydrogens is 464 g/mol. The van der Waals surface area contributed by atoms with E-state index >= 15 is 0 Å². The molecule has 1 N–H and O–H groups in total. The first-order valence-corrected chi connectivity index (χ1v) is 13.3. The third-order valence-corrected chi connectivity index (χ3v) is 8.29. The van der Waals surface area contributed by atoms with E-state index in [1.807, 2.05) is 31.2 Å². The van der Waals surface area contributed by atoms with Gasteiger partial charge in [0.1, 0.15) is 6.54 Å². The number of hydrogen-bond acceptors (Lipinski definition) is 5. The van der Waals surface area contributed by atoms with Crippen molar-refractivity contribution in [2.75, 3.05) is 18.4 Å². The molecule has 1 aromatic heterocycles. The number of benzene rings is 2. The molecule has 8 nitrogen and oxygen atoms in total. The second kappa shape index (κ2) is 10.5. The fourth-order valence-corrected chi connectivity index (χ4v) is 6.04. The van der Waals surface area contributed by atoms with Gasteiger partial charge in [-0.05, 0) is 55.5 Å². The molecule has 9 heteroatoms. The predicted octanol–water partition coefficient (Wildman–Crippen LogP) is 3.59. The van der Waals surface area contributed by atoms with E-state index in [0.29, 0.717) is 35.6 Å². The molecule has 1 amide bonds. The van der Waals surface area contributed by atoms with Crippen molar-refractivity contribution in [1.82, 2.24) is 14.1 Å². The smallest absolute Gasteiger partial charge is 0.267 e. The van der Waals surface area contributed by atoms with Gasteiger partial charge in [0.15, 0.2) is 0 Å². The van der Waals surface area contributed by atoms with Crippen LogP contribution in [0.4, 0.5) is 5.69 Å². The summed E-state index contributed by atoms with van der Waals surface area (Å²) in [5.41, 5.74) is 2.92. The molecule has 0 saturated carbocycles. The highest BCUT2D eigenvalue weighted by Crippen LogP contribution is 2.27. The number of hydrogen-bond donors (Lipinski definition) is 1. The molecule has 0 aliphatic carbocycles. The van der Waals surface area contributed by atoms with Gasteiger partial charge < -0.3 is 5.32 Å². The summed E-state index contributed by atoms with van der Waals surface area (Å²) in [6.07, 6.45) is 3.51. The first-order valence-electron chi connectivity index (χ1n) is 11.9. The van der Waals surface area contributed by atoms with Crippen LogP contribution in [0.15, 0.2) is 64.3 Å². The predicted molar refractivity (Wildman–Crippen MR) is 136 cm³/mol. The quantitative estimate of drug-likeness (QED) is 0.541. The van der Waals surface area contributed by atoms with Crippen LogP contribution in [0.3, 0.4) is 0 Å². The van der Waals surface area contributed by atoms with Crippen LogP contribution in [0.25, 0.3) is 11.3 Å². The van der Waals surface area contributed by atoms with E-state index in [1.165, 1.54) is 10.4 Å². The van der Waals surface area contributed by atoms with Crippen LogP contribution < -0.4 is 10.9 Å². The van der Waals surface area contributed by atoms with Gasteiger partial charge in [0.25, 0.3) is 5.56 Å². The maximum absolute atomic E-state index is 13.3. The maximum Gasteiger partial charge on any atom is 0.267 e. The Morgan fingerprint density at radius 1 is 1.03 bits per heavy atom. The van der Waals surface area contributed by atoms with E-state index in [2.05, 4.69) is 10.4 Å². The van der Waals surface area contributed by atoms with E-state index in [1.54, 1.807) is 31.2 Å². The number of aryl methyl sites for hydroxylation is 2. The Morgan fingerprint density at radius 3 is 2.51 bits per heavy atom. The highest BCUT2D eigenvalue weighted by Gasteiger charge is 2.27. The summed E-state index contributed by atoms with van der Waals surface area (Å²) in [6, 6.07) is 15.5. The number of para-hydroxylation sites is 1. The number of carbonyl (C=O) groups is 1. The Hall–Kier alpha value is -3.30. The summed E-state index contributed by atoms with van der Waals surface area (Å²) >= 11 is 0. The number of sulfonamides is 1. The first-order chi connectivity index (χ1) is 16.8. The molecule has 0 atom stereocenters. The van der Waals surface area contributed by atoms with Crippen molar-refractivity contribution in [3.8, 4) is 11.3 Å². The van der Waals surface area contributed by atoms with E-state index in [4.69, 9.17) is 0 Å². The van der Waals surface area contributed by atoms with Crippen molar-refractivity contribution in [3.63, 3.8) is 0 Å². The first kappa shape index (κ1) is 24.8. The van der Waals surface area contributed by atoms with Gasteiger partial charge in [-0.2, -0.15) is 9.40 Å². The molecule has 1 aliphatic rings. The zero-order chi connectivity index (χ0) is 25.0. The van der Waals surface area contributed by atoms with Gasteiger partial charge in [0, 0.05) is 30.4 Å².